The van der Waals surface area contributed by atoms with Crippen molar-refractivity contribution in [2.24, 2.45) is 16.9 Å². The van der Waals surface area contributed by atoms with Crippen LogP contribution in [0.5, 0.6) is 0 Å². The molecule has 152 valence electrons. The van der Waals surface area contributed by atoms with E-state index in [4.69, 9.17) is 0 Å². The summed E-state index contributed by atoms with van der Waals surface area (Å²) >= 11 is 0. The lowest BCUT2D eigenvalue weighted by atomic mass is 9.70. The number of hydrogen-bond donors (Lipinski definition) is 1. The third-order valence-electron chi connectivity index (χ3n) is 6.50. The molecule has 0 spiro atoms. The molecule has 6 nitrogen and oxygen atoms in total. The molecule has 4 rings (SSSR count). The van der Waals surface area contributed by atoms with Gasteiger partial charge in [-0.3, -0.25) is 4.79 Å². The topological polar surface area (TPSA) is 78.8 Å². The van der Waals surface area contributed by atoms with E-state index >= 15 is 0 Å². The number of nitrogens with one attached hydrogen (secondary N) is 1. The standard InChI is InChI=1S/C21H29N3O3S/c25-21(23-22-19-10-7-16-5-1-2-6-18(16)15-19)17-8-11-20(12-9-17)28(26,27)24-13-3-4-14-24/h8-9,11-12,16,18H,1-7,10,13-15H2,(H,23,25)/b22-19+/t16-,18+/m1/s1. The maximum atomic E-state index is 12.6. The second-order valence-electron chi connectivity index (χ2n) is 8.30. The first-order valence-corrected chi connectivity index (χ1v) is 11.9. The fourth-order valence-corrected chi connectivity index (χ4v) is 6.36. The summed E-state index contributed by atoms with van der Waals surface area (Å²) in [5.74, 6) is 1.28. The number of benzene rings is 1. The van der Waals surface area contributed by atoms with Gasteiger partial charge in [0.25, 0.3) is 5.91 Å². The Balaban J connectivity index is 1.37. The lowest BCUT2D eigenvalue weighted by molar-refractivity contribution is 0.0954. The van der Waals surface area contributed by atoms with Crippen molar-refractivity contribution in [3.63, 3.8) is 0 Å². The summed E-state index contributed by atoms with van der Waals surface area (Å²) in [6, 6.07) is 6.17. The first kappa shape index (κ1) is 19.6. The minimum atomic E-state index is -3.45. The Bertz CT molecular complexity index is 842. The number of hydrazone groups is 1. The first-order valence-electron chi connectivity index (χ1n) is 10.5. The summed E-state index contributed by atoms with van der Waals surface area (Å²) in [4.78, 5) is 12.7. The predicted octanol–water partition coefficient (Wildman–Crippen LogP) is 3.55. The van der Waals surface area contributed by atoms with Crippen LogP contribution in [0, 0.1) is 11.8 Å². The third kappa shape index (κ3) is 4.15. The van der Waals surface area contributed by atoms with Crippen molar-refractivity contribution < 1.29 is 13.2 Å². The Morgan fingerprint density at radius 1 is 0.964 bits per heavy atom. The molecule has 0 bridgehead atoms. The van der Waals surface area contributed by atoms with Crippen LogP contribution in [0.4, 0.5) is 0 Å². The van der Waals surface area contributed by atoms with Crippen LogP contribution in [0.2, 0.25) is 0 Å². The monoisotopic (exact) mass is 403 g/mol. The van der Waals surface area contributed by atoms with Gasteiger partial charge >= 0.3 is 0 Å². The SMILES string of the molecule is O=C(N/N=C1\CC[C@H]2CCCC[C@H]2C1)c1ccc(S(=O)(=O)N2CCCC2)cc1. The summed E-state index contributed by atoms with van der Waals surface area (Å²) in [6.07, 6.45) is 10.3. The van der Waals surface area contributed by atoms with Crippen molar-refractivity contribution in [3.8, 4) is 0 Å². The third-order valence-corrected chi connectivity index (χ3v) is 8.42. The molecular formula is C21H29N3O3S. The molecule has 1 N–H and O–H groups in total. The number of carbonyl (C=O) groups is 1. The molecule has 2 atom stereocenters. The maximum absolute atomic E-state index is 12.6. The molecule has 0 aromatic heterocycles. The van der Waals surface area contributed by atoms with Crippen LogP contribution >= 0.6 is 0 Å². The molecule has 1 aromatic carbocycles. The fourth-order valence-electron chi connectivity index (χ4n) is 4.84. The number of rotatable bonds is 4. The van der Waals surface area contributed by atoms with Crippen LogP contribution in [-0.4, -0.2) is 37.4 Å². The number of sulfonamides is 1. The summed E-state index contributed by atoms with van der Waals surface area (Å²) < 4.78 is 26.6. The molecule has 1 amide bonds. The van der Waals surface area contributed by atoms with Gasteiger partial charge in [0.1, 0.15) is 0 Å². The highest BCUT2D eigenvalue weighted by Gasteiger charge is 2.30. The van der Waals surface area contributed by atoms with E-state index in [2.05, 4.69) is 10.5 Å². The summed E-state index contributed by atoms with van der Waals surface area (Å²) in [5.41, 5.74) is 4.18. The van der Waals surface area contributed by atoms with E-state index in [0.717, 1.165) is 43.2 Å². The number of nitrogens with zero attached hydrogens (tertiary/aromatic N) is 2. The van der Waals surface area contributed by atoms with Gasteiger partial charge in [0.05, 0.1) is 4.90 Å². The summed E-state index contributed by atoms with van der Waals surface area (Å²) in [5, 5.41) is 4.38. The number of hydrogen-bond acceptors (Lipinski definition) is 4. The van der Waals surface area contributed by atoms with E-state index in [1.54, 1.807) is 12.1 Å². The van der Waals surface area contributed by atoms with Gasteiger partial charge in [0, 0.05) is 24.4 Å². The van der Waals surface area contributed by atoms with Crippen LogP contribution in [0.1, 0.15) is 68.1 Å². The molecule has 1 saturated heterocycles. The van der Waals surface area contributed by atoms with Crippen molar-refractivity contribution >= 4 is 21.6 Å². The van der Waals surface area contributed by atoms with Crippen LogP contribution in [-0.2, 0) is 10.0 Å². The second kappa shape index (κ2) is 8.33. The van der Waals surface area contributed by atoms with Gasteiger partial charge in [-0.2, -0.15) is 9.41 Å². The van der Waals surface area contributed by atoms with Gasteiger partial charge in [-0.1, -0.05) is 19.3 Å². The zero-order chi connectivity index (χ0) is 19.6. The minimum absolute atomic E-state index is 0.243. The normalized spacial score (nSPS) is 27.5. The van der Waals surface area contributed by atoms with Crippen LogP contribution in [0.3, 0.4) is 0 Å². The fraction of sp³-hybridized carbons (Fsp3) is 0.619. The molecule has 0 radical (unpaired) electrons. The minimum Gasteiger partial charge on any atom is -0.267 e. The summed E-state index contributed by atoms with van der Waals surface area (Å²) in [6.45, 7) is 1.15. The lowest BCUT2D eigenvalue weighted by Crippen LogP contribution is -2.30. The van der Waals surface area contributed by atoms with Crippen molar-refractivity contribution in [2.45, 2.75) is 62.7 Å². The number of carbonyl (C=O) groups excluding carboxylic acids is 1. The molecular weight excluding hydrogens is 374 g/mol. The highest BCUT2D eigenvalue weighted by atomic mass is 32.2. The average Bonchev–Trinajstić information content (AvgIpc) is 3.28. The maximum Gasteiger partial charge on any atom is 0.271 e. The Hall–Kier alpha value is -1.73. The predicted molar refractivity (Wildman–Crippen MR) is 109 cm³/mol. The van der Waals surface area contributed by atoms with E-state index < -0.39 is 10.0 Å². The average molecular weight is 404 g/mol. The Labute approximate surface area is 167 Å². The quantitative estimate of drug-likeness (QED) is 0.781. The summed E-state index contributed by atoms with van der Waals surface area (Å²) in [7, 11) is -3.45. The molecule has 1 aromatic rings. The van der Waals surface area contributed by atoms with Gasteiger partial charge in [0.15, 0.2) is 0 Å². The Kier molecular flexibility index (Phi) is 5.83. The van der Waals surface area contributed by atoms with E-state index in [0.29, 0.717) is 18.7 Å². The zero-order valence-electron chi connectivity index (χ0n) is 16.3. The molecule has 28 heavy (non-hydrogen) atoms. The molecule has 3 aliphatic rings. The van der Waals surface area contributed by atoms with E-state index in [-0.39, 0.29) is 10.8 Å². The van der Waals surface area contributed by atoms with Gasteiger partial charge in [-0.15, -0.1) is 0 Å². The largest absolute Gasteiger partial charge is 0.271 e. The van der Waals surface area contributed by atoms with Gasteiger partial charge in [-0.05, 0) is 74.6 Å². The van der Waals surface area contributed by atoms with E-state index in [9.17, 15) is 13.2 Å². The molecule has 7 heteroatoms. The van der Waals surface area contributed by atoms with Crippen LogP contribution < -0.4 is 5.43 Å². The molecule has 1 heterocycles. The van der Waals surface area contributed by atoms with Gasteiger partial charge < -0.3 is 0 Å². The molecule has 2 aliphatic carbocycles. The molecule has 3 fully saturated rings. The lowest BCUT2D eigenvalue weighted by Gasteiger charge is -2.35. The van der Waals surface area contributed by atoms with Gasteiger partial charge in [0.2, 0.25) is 10.0 Å². The number of amides is 1. The Morgan fingerprint density at radius 3 is 2.36 bits per heavy atom. The van der Waals surface area contributed by atoms with Crippen LogP contribution in [0.15, 0.2) is 34.3 Å². The van der Waals surface area contributed by atoms with Crippen molar-refractivity contribution in [1.29, 1.82) is 0 Å². The highest BCUT2D eigenvalue weighted by Crippen LogP contribution is 2.39. The Morgan fingerprint density at radius 2 is 1.64 bits per heavy atom. The van der Waals surface area contributed by atoms with Gasteiger partial charge in [-0.25, -0.2) is 13.8 Å². The van der Waals surface area contributed by atoms with Crippen LogP contribution in [0.25, 0.3) is 0 Å². The molecule has 2 saturated carbocycles. The van der Waals surface area contributed by atoms with E-state index in [1.165, 1.54) is 48.5 Å². The number of fused-ring (bicyclic) bond motifs is 1. The van der Waals surface area contributed by atoms with Crippen molar-refractivity contribution in [2.75, 3.05) is 13.1 Å². The van der Waals surface area contributed by atoms with Crippen molar-refractivity contribution in [3.05, 3.63) is 29.8 Å². The van der Waals surface area contributed by atoms with Crippen molar-refractivity contribution in [1.82, 2.24) is 9.73 Å². The molecule has 0 unspecified atom stereocenters. The zero-order valence-corrected chi connectivity index (χ0v) is 17.1. The van der Waals surface area contributed by atoms with E-state index in [1.807, 2.05) is 0 Å². The highest BCUT2D eigenvalue weighted by molar-refractivity contribution is 7.89. The molecule has 1 aliphatic heterocycles. The first-order chi connectivity index (χ1) is 13.5. The smallest absolute Gasteiger partial charge is 0.267 e. The second-order valence-corrected chi connectivity index (χ2v) is 10.2.